The molecule has 1 atom stereocenters. The molecule has 0 saturated carbocycles. The molecule has 0 saturated heterocycles. The van der Waals surface area contributed by atoms with Crippen molar-refractivity contribution in [2.75, 3.05) is 0 Å². The molecular formula is C8H12N4O2. The molecule has 0 aliphatic rings. The van der Waals surface area contributed by atoms with Crippen molar-refractivity contribution in [2.24, 2.45) is 0 Å². The predicted molar refractivity (Wildman–Crippen MR) is 51.7 cm³/mol. The first-order valence-electron chi connectivity index (χ1n) is 4.25. The molecule has 1 aromatic rings. The molecule has 0 spiro atoms. The van der Waals surface area contributed by atoms with Crippen LogP contribution in [0.25, 0.3) is 0 Å². The van der Waals surface area contributed by atoms with Gasteiger partial charge in [-0.05, 0) is 20.1 Å². The van der Waals surface area contributed by atoms with Gasteiger partial charge in [0.25, 0.3) is 0 Å². The fourth-order valence-electron chi connectivity index (χ4n) is 1.16. The third-order valence-corrected chi connectivity index (χ3v) is 2.00. The van der Waals surface area contributed by atoms with Crippen LogP contribution in [0, 0.1) is 22.4 Å². The van der Waals surface area contributed by atoms with E-state index in [2.05, 4.69) is 5.10 Å². The van der Waals surface area contributed by atoms with Gasteiger partial charge in [-0.25, -0.2) is 0 Å². The van der Waals surface area contributed by atoms with Crippen LogP contribution in [0.4, 0.5) is 5.69 Å². The number of nitro groups is 1. The molecule has 1 N–H and O–H groups in total. The van der Waals surface area contributed by atoms with E-state index in [1.54, 1.807) is 6.92 Å². The van der Waals surface area contributed by atoms with Gasteiger partial charge in [0.1, 0.15) is 11.9 Å². The van der Waals surface area contributed by atoms with E-state index >= 15 is 0 Å². The van der Waals surface area contributed by atoms with Crippen LogP contribution in [0.5, 0.6) is 0 Å². The lowest BCUT2D eigenvalue weighted by Gasteiger charge is -2.06. The summed E-state index contributed by atoms with van der Waals surface area (Å²) in [6, 6.07) is -0.0140. The highest BCUT2D eigenvalue weighted by molar-refractivity contribution is 5.53. The Hall–Kier alpha value is -1.72. The highest BCUT2D eigenvalue weighted by Crippen LogP contribution is 2.18. The summed E-state index contributed by atoms with van der Waals surface area (Å²) in [6.07, 6.45) is 3.20. The van der Waals surface area contributed by atoms with Crippen LogP contribution < -0.4 is 0 Å². The van der Waals surface area contributed by atoms with Gasteiger partial charge in [0, 0.05) is 6.42 Å². The molecule has 6 nitrogen and oxygen atoms in total. The van der Waals surface area contributed by atoms with Crippen LogP contribution in [0.15, 0.2) is 6.20 Å². The first kappa shape index (κ1) is 10.4. The average Bonchev–Trinajstić information content (AvgIpc) is 2.48. The first-order valence-corrected chi connectivity index (χ1v) is 4.25. The van der Waals surface area contributed by atoms with Gasteiger partial charge in [-0.1, -0.05) is 0 Å². The molecule has 0 aliphatic carbocycles. The van der Waals surface area contributed by atoms with E-state index in [4.69, 9.17) is 5.41 Å². The smallest absolute Gasteiger partial charge is 0.309 e. The topological polar surface area (TPSA) is 84.8 Å². The van der Waals surface area contributed by atoms with Crippen molar-refractivity contribution in [3.8, 4) is 0 Å². The zero-order chi connectivity index (χ0) is 10.7. The molecule has 0 aliphatic heterocycles. The van der Waals surface area contributed by atoms with E-state index in [0.29, 0.717) is 12.1 Å². The zero-order valence-corrected chi connectivity index (χ0v) is 8.10. The van der Waals surface area contributed by atoms with Crippen LogP contribution in [0.2, 0.25) is 0 Å². The number of aryl methyl sites for hydroxylation is 1. The molecular weight excluding hydrogens is 184 g/mol. The summed E-state index contributed by atoms with van der Waals surface area (Å²) < 4.78 is 1.53. The number of nitrogens with one attached hydrogen (secondary N) is 1. The Morgan fingerprint density at radius 1 is 1.86 bits per heavy atom. The second-order valence-corrected chi connectivity index (χ2v) is 3.13. The quantitative estimate of drug-likeness (QED) is 0.451. The normalized spacial score (nSPS) is 12.4. The molecule has 1 aromatic heterocycles. The van der Waals surface area contributed by atoms with Gasteiger partial charge in [0.05, 0.1) is 11.0 Å². The number of aromatic nitrogens is 2. The summed E-state index contributed by atoms with van der Waals surface area (Å²) in [6.45, 7) is 3.47. The summed E-state index contributed by atoms with van der Waals surface area (Å²) in [7, 11) is 0. The molecule has 6 heteroatoms. The number of hydrogen-bond acceptors (Lipinski definition) is 4. The summed E-state index contributed by atoms with van der Waals surface area (Å²) >= 11 is 0. The molecule has 76 valence electrons. The van der Waals surface area contributed by atoms with Crippen LogP contribution in [0.1, 0.15) is 25.1 Å². The highest BCUT2D eigenvalue weighted by Gasteiger charge is 2.17. The Balaban J connectivity index is 2.95. The van der Waals surface area contributed by atoms with Gasteiger partial charge in [0.15, 0.2) is 0 Å². The molecule has 0 unspecified atom stereocenters. The number of hydrogen-bond donors (Lipinski definition) is 1. The van der Waals surface area contributed by atoms with Gasteiger partial charge in [-0.2, -0.15) is 5.10 Å². The van der Waals surface area contributed by atoms with Crippen molar-refractivity contribution in [1.29, 1.82) is 5.41 Å². The second-order valence-electron chi connectivity index (χ2n) is 3.13. The monoisotopic (exact) mass is 196 g/mol. The average molecular weight is 196 g/mol. The molecule has 0 aromatic carbocycles. The lowest BCUT2D eigenvalue weighted by Crippen LogP contribution is -2.05. The van der Waals surface area contributed by atoms with Gasteiger partial charge in [-0.3, -0.25) is 14.8 Å². The van der Waals surface area contributed by atoms with Gasteiger partial charge < -0.3 is 5.41 Å². The van der Waals surface area contributed by atoms with Crippen LogP contribution in [0.3, 0.4) is 0 Å². The summed E-state index contributed by atoms with van der Waals surface area (Å²) in [5.74, 6) is 0. The minimum atomic E-state index is -0.448. The minimum absolute atomic E-state index is 0.0140. The molecule has 0 amide bonds. The summed E-state index contributed by atoms with van der Waals surface area (Å²) in [5, 5.41) is 21.5. The molecule has 0 bridgehead atoms. The van der Waals surface area contributed by atoms with Crippen molar-refractivity contribution >= 4 is 11.9 Å². The van der Waals surface area contributed by atoms with Crippen molar-refractivity contribution in [3.63, 3.8) is 0 Å². The molecule has 14 heavy (non-hydrogen) atoms. The Bertz CT molecular complexity index is 358. The third kappa shape index (κ3) is 1.95. The van der Waals surface area contributed by atoms with E-state index in [9.17, 15) is 10.1 Å². The molecule has 0 fully saturated rings. The van der Waals surface area contributed by atoms with Crippen LogP contribution >= 0.6 is 0 Å². The van der Waals surface area contributed by atoms with Crippen molar-refractivity contribution in [2.45, 2.75) is 26.3 Å². The maximum Gasteiger partial charge on any atom is 0.309 e. The molecule has 1 rings (SSSR count). The van der Waals surface area contributed by atoms with Crippen molar-refractivity contribution in [1.82, 2.24) is 9.78 Å². The SMILES string of the molecule is Cc1nn([C@@H](C)CC=N)cc1[N+](=O)[O-]. The maximum atomic E-state index is 10.5. The second kappa shape index (κ2) is 3.99. The Labute approximate surface area is 81.2 Å². The predicted octanol–water partition coefficient (Wildman–Crippen LogP) is 1.70. The standard InChI is InChI=1S/C8H12N4O2/c1-6(3-4-9)11-5-8(12(13)14)7(2)10-11/h4-6,9H,3H2,1-2H3/t6-/m0/s1. The van der Waals surface area contributed by atoms with Gasteiger partial charge in [0.2, 0.25) is 0 Å². The van der Waals surface area contributed by atoms with E-state index in [1.807, 2.05) is 6.92 Å². The van der Waals surface area contributed by atoms with Gasteiger partial charge in [-0.15, -0.1) is 0 Å². The van der Waals surface area contributed by atoms with Gasteiger partial charge >= 0.3 is 5.69 Å². The minimum Gasteiger partial charge on any atom is -0.313 e. The largest absolute Gasteiger partial charge is 0.313 e. The first-order chi connectivity index (χ1) is 6.56. The zero-order valence-electron chi connectivity index (χ0n) is 8.10. The fraction of sp³-hybridized carbons (Fsp3) is 0.500. The Morgan fingerprint density at radius 2 is 2.50 bits per heavy atom. The molecule has 1 heterocycles. The van der Waals surface area contributed by atoms with Crippen molar-refractivity contribution in [3.05, 3.63) is 22.0 Å². The number of rotatable bonds is 4. The Morgan fingerprint density at radius 3 is 2.93 bits per heavy atom. The highest BCUT2D eigenvalue weighted by atomic mass is 16.6. The third-order valence-electron chi connectivity index (χ3n) is 2.00. The summed E-state index contributed by atoms with van der Waals surface area (Å²) in [5.41, 5.74) is 0.439. The van der Waals surface area contributed by atoms with Crippen LogP contribution in [-0.2, 0) is 0 Å². The van der Waals surface area contributed by atoms with Crippen LogP contribution in [-0.4, -0.2) is 20.9 Å². The van der Waals surface area contributed by atoms with E-state index in [-0.39, 0.29) is 11.7 Å². The molecule has 0 radical (unpaired) electrons. The lowest BCUT2D eigenvalue weighted by atomic mass is 10.2. The van der Waals surface area contributed by atoms with E-state index in [1.165, 1.54) is 17.1 Å². The fourth-order valence-corrected chi connectivity index (χ4v) is 1.16. The number of nitrogens with zero attached hydrogens (tertiary/aromatic N) is 3. The van der Waals surface area contributed by atoms with Crippen molar-refractivity contribution < 1.29 is 4.92 Å². The van der Waals surface area contributed by atoms with E-state index in [0.717, 1.165) is 0 Å². The Kier molecular flexibility index (Phi) is 2.95. The maximum absolute atomic E-state index is 10.5. The van der Waals surface area contributed by atoms with E-state index < -0.39 is 4.92 Å². The summed E-state index contributed by atoms with van der Waals surface area (Å²) in [4.78, 5) is 10.1. The lowest BCUT2D eigenvalue weighted by molar-refractivity contribution is -0.385.